The Hall–Kier alpha value is -1.80. The molecule has 0 radical (unpaired) electrons. The van der Waals surface area contributed by atoms with E-state index < -0.39 is 28.2 Å². The second kappa shape index (κ2) is 6.77. The molecule has 1 aromatic carbocycles. The number of hydrogen-bond donors (Lipinski definition) is 1. The molecular formula is C12H11ClF2N3O2S+. The Kier molecular flexibility index (Phi) is 5.03. The van der Waals surface area contributed by atoms with Crippen LogP contribution >= 0.6 is 22.1 Å². The summed E-state index contributed by atoms with van der Waals surface area (Å²) in [6.07, 6.45) is -1.00. The van der Waals surface area contributed by atoms with E-state index in [0.717, 1.165) is 0 Å². The molecule has 0 fully saturated rings. The second-order valence-corrected chi connectivity index (χ2v) is 6.28. The first-order chi connectivity index (χ1) is 9.99. The zero-order valence-corrected chi connectivity index (χ0v) is 12.4. The van der Waals surface area contributed by atoms with E-state index in [9.17, 15) is 13.6 Å². The van der Waals surface area contributed by atoms with Gasteiger partial charge in [0.1, 0.15) is 0 Å². The van der Waals surface area contributed by atoms with E-state index in [1.54, 1.807) is 30.3 Å². The normalized spacial score (nSPS) is 13.1. The molecule has 2 atom stereocenters. The fourth-order valence-electron chi connectivity index (χ4n) is 1.44. The molecule has 0 saturated heterocycles. The fourth-order valence-corrected chi connectivity index (χ4v) is 2.82. The summed E-state index contributed by atoms with van der Waals surface area (Å²) in [5, 5.41) is 9.08. The van der Waals surface area contributed by atoms with Crippen LogP contribution in [0.4, 0.5) is 14.5 Å². The summed E-state index contributed by atoms with van der Waals surface area (Å²) in [6.45, 7) is 1.43. The van der Waals surface area contributed by atoms with Crippen molar-refractivity contribution in [3.05, 3.63) is 34.8 Å². The Morgan fingerprint density at radius 3 is 2.62 bits per heavy atom. The highest BCUT2D eigenvalue weighted by Crippen LogP contribution is 2.46. The molecule has 0 aliphatic carbocycles. The smallest absolute Gasteiger partial charge is 0.424 e. The number of aromatic nitrogens is 2. The maximum atomic E-state index is 12.8. The Bertz CT molecular complexity index is 624. The molecule has 0 saturated carbocycles. The lowest BCUT2D eigenvalue weighted by atomic mass is 10.3. The van der Waals surface area contributed by atoms with E-state index in [0.29, 0.717) is 5.69 Å². The Labute approximate surface area is 126 Å². The quantitative estimate of drug-likeness (QED) is 0.847. The molecule has 0 aliphatic heterocycles. The lowest BCUT2D eigenvalue weighted by Gasteiger charge is -2.10. The third-order valence-corrected chi connectivity index (χ3v) is 4.38. The molecule has 1 N–H and O–H groups in total. The van der Waals surface area contributed by atoms with Crippen LogP contribution in [0.15, 0.2) is 30.3 Å². The zero-order chi connectivity index (χ0) is 15.4. The van der Waals surface area contributed by atoms with Gasteiger partial charge in [-0.25, -0.2) is 0 Å². The predicted molar refractivity (Wildman–Crippen MR) is 75.9 cm³/mol. The topological polar surface area (TPSA) is 64.1 Å². The van der Waals surface area contributed by atoms with Crippen molar-refractivity contribution < 1.29 is 18.3 Å². The molecule has 2 unspecified atom stereocenters. The molecule has 1 heterocycles. The van der Waals surface area contributed by atoms with Crippen molar-refractivity contribution in [3.63, 3.8) is 0 Å². The largest absolute Gasteiger partial charge is 0.462 e. The highest BCUT2D eigenvalue weighted by Gasteiger charge is 2.36. The Balaban J connectivity index is 2.04. The van der Waals surface area contributed by atoms with E-state index in [1.165, 1.54) is 6.92 Å². The first-order valence-electron chi connectivity index (χ1n) is 5.84. The average Bonchev–Trinajstić information content (AvgIpc) is 2.80. The van der Waals surface area contributed by atoms with Gasteiger partial charge in [0.25, 0.3) is 5.91 Å². The third kappa shape index (κ3) is 3.85. The maximum Gasteiger partial charge on any atom is 0.462 e. The number of carbonyl (C=O) groups excluding carboxylic acids is 1. The summed E-state index contributed by atoms with van der Waals surface area (Å²) in [4.78, 5) is 11.9. The van der Waals surface area contributed by atoms with Gasteiger partial charge >= 0.3 is 15.4 Å². The molecule has 21 heavy (non-hydrogen) atoms. The number of hydrogen-bond acceptors (Lipinski definition) is 4. The fraction of sp³-hybridized carbons (Fsp3) is 0.250. The predicted octanol–water partition coefficient (Wildman–Crippen LogP) is 3.68. The van der Waals surface area contributed by atoms with Gasteiger partial charge in [-0.1, -0.05) is 28.4 Å². The van der Waals surface area contributed by atoms with Crippen molar-refractivity contribution in [1.82, 2.24) is 10.2 Å². The molecule has 0 aliphatic rings. The van der Waals surface area contributed by atoms with Gasteiger partial charge in [-0.05, 0) is 19.1 Å². The van der Waals surface area contributed by atoms with E-state index >= 15 is 0 Å². The molecule has 9 heteroatoms. The van der Waals surface area contributed by atoms with Gasteiger partial charge in [0.05, 0.1) is 0 Å². The number of amides is 1. The lowest BCUT2D eigenvalue weighted by Crippen LogP contribution is -2.30. The van der Waals surface area contributed by atoms with Gasteiger partial charge < -0.3 is 10.1 Å². The maximum absolute atomic E-state index is 12.8. The van der Waals surface area contributed by atoms with E-state index in [4.69, 9.17) is 16.3 Å². The number of anilines is 1. The lowest BCUT2D eigenvalue weighted by molar-refractivity contribution is -0.122. The molecule has 1 amide bonds. The van der Waals surface area contributed by atoms with E-state index in [2.05, 4.69) is 15.5 Å². The number of benzene rings is 1. The van der Waals surface area contributed by atoms with E-state index in [1.807, 2.05) is 0 Å². The summed E-state index contributed by atoms with van der Waals surface area (Å²) in [5.41, 5.74) is 0.577. The highest BCUT2D eigenvalue weighted by molar-refractivity contribution is 7.35. The van der Waals surface area contributed by atoms with Crippen LogP contribution in [0.25, 0.3) is 0 Å². The minimum absolute atomic E-state index is 0.323. The summed E-state index contributed by atoms with van der Waals surface area (Å²) < 4.78 is 30.5. The summed E-state index contributed by atoms with van der Waals surface area (Å²) >= 11 is 5.55. The van der Waals surface area contributed by atoms with Crippen LogP contribution in [-0.4, -0.2) is 22.2 Å². The van der Waals surface area contributed by atoms with Crippen molar-refractivity contribution in [3.8, 4) is 5.19 Å². The van der Waals surface area contributed by atoms with Crippen molar-refractivity contribution in [2.75, 3.05) is 5.32 Å². The molecular weight excluding hydrogens is 324 g/mol. The van der Waals surface area contributed by atoms with Crippen LogP contribution in [0.3, 0.4) is 0 Å². The van der Waals surface area contributed by atoms with Crippen LogP contribution < -0.4 is 10.1 Å². The highest BCUT2D eigenvalue weighted by atomic mass is 35.5. The SMILES string of the molecule is CC(Oc1nnc(Cl)[s+]1C(F)F)C(=O)Nc1ccccc1. The van der Waals surface area contributed by atoms with Gasteiger partial charge in [-0.15, -0.1) is 0 Å². The molecule has 1 aromatic heterocycles. The van der Waals surface area contributed by atoms with Crippen molar-refractivity contribution in [1.29, 1.82) is 0 Å². The molecule has 2 aromatic rings. The van der Waals surface area contributed by atoms with Crippen LogP contribution in [0.2, 0.25) is 4.47 Å². The van der Waals surface area contributed by atoms with Gasteiger partial charge in [-0.2, -0.15) is 8.78 Å². The number of halogens is 3. The first kappa shape index (κ1) is 15.6. The molecule has 112 valence electrons. The van der Waals surface area contributed by atoms with Crippen LogP contribution in [0.5, 0.6) is 5.19 Å². The van der Waals surface area contributed by atoms with Crippen LogP contribution in [-0.2, 0) is 4.79 Å². The van der Waals surface area contributed by atoms with Crippen LogP contribution in [0.1, 0.15) is 12.7 Å². The standard InChI is InChI=1S/C12H10ClF2N3O2S/c1-7(9(19)16-8-5-3-2-4-6-8)20-12-18-17-10(13)21(12)11(14)15/h2-7,11H,1H3/p+1. The number of nitrogens with zero attached hydrogens (tertiary/aromatic N) is 2. The average molecular weight is 335 g/mol. The number of nitrogens with one attached hydrogen (secondary N) is 1. The summed E-state index contributed by atoms with van der Waals surface area (Å²) in [6, 6.07) is 8.70. The summed E-state index contributed by atoms with van der Waals surface area (Å²) in [5.74, 6) is -3.25. The monoisotopic (exact) mass is 334 g/mol. The van der Waals surface area contributed by atoms with Crippen molar-refractivity contribution in [2.24, 2.45) is 0 Å². The molecule has 0 bridgehead atoms. The van der Waals surface area contributed by atoms with Crippen LogP contribution in [0, 0.1) is 0 Å². The second-order valence-electron chi connectivity index (χ2n) is 3.93. The number of ether oxygens (including phenoxy) is 1. The third-order valence-electron chi connectivity index (χ3n) is 2.45. The van der Waals surface area contributed by atoms with Gasteiger partial charge in [0.15, 0.2) is 16.6 Å². The minimum Gasteiger partial charge on any atom is -0.424 e. The summed E-state index contributed by atoms with van der Waals surface area (Å²) in [7, 11) is -1.82. The molecule has 5 nitrogen and oxygen atoms in total. The molecule has 0 spiro atoms. The number of para-hydroxylation sites is 1. The Morgan fingerprint density at radius 1 is 1.33 bits per heavy atom. The number of carbonyl (C=O) groups is 1. The number of alkyl halides is 2. The first-order valence-corrected chi connectivity index (χ1v) is 7.50. The number of rotatable bonds is 5. The van der Waals surface area contributed by atoms with Crippen molar-refractivity contribution in [2.45, 2.75) is 18.8 Å². The zero-order valence-electron chi connectivity index (χ0n) is 10.8. The van der Waals surface area contributed by atoms with Gasteiger partial charge in [0.2, 0.25) is 0 Å². The van der Waals surface area contributed by atoms with E-state index in [-0.39, 0.29) is 9.66 Å². The van der Waals surface area contributed by atoms with Crippen molar-refractivity contribution >= 4 is 33.7 Å². The molecule has 2 rings (SSSR count). The Morgan fingerprint density at radius 2 is 2.00 bits per heavy atom. The van der Waals surface area contributed by atoms with Gasteiger partial charge in [0, 0.05) is 17.3 Å². The van der Waals surface area contributed by atoms with Gasteiger partial charge in [-0.3, -0.25) is 4.79 Å². The minimum atomic E-state index is -2.77.